The molecule has 1 atom stereocenters. The second-order valence-electron chi connectivity index (χ2n) is 5.17. The van der Waals surface area contributed by atoms with E-state index in [4.69, 9.17) is 16.0 Å². The average molecular weight is 303 g/mol. The second-order valence-corrected chi connectivity index (χ2v) is 5.58. The molecule has 0 radical (unpaired) electrons. The summed E-state index contributed by atoms with van der Waals surface area (Å²) in [6, 6.07) is 11.0. The molecule has 0 amide bonds. The van der Waals surface area contributed by atoms with Gasteiger partial charge in [-0.05, 0) is 17.2 Å². The van der Waals surface area contributed by atoms with Gasteiger partial charge in [0.25, 0.3) is 0 Å². The Kier molecular flexibility index (Phi) is 2.94. The van der Waals surface area contributed by atoms with Gasteiger partial charge >= 0.3 is 0 Å². The summed E-state index contributed by atoms with van der Waals surface area (Å²) in [5.74, 6) is 0.129. The first kappa shape index (κ1) is 12.8. The van der Waals surface area contributed by atoms with Crippen molar-refractivity contribution in [2.45, 2.75) is 12.5 Å². The highest BCUT2D eigenvalue weighted by Crippen LogP contribution is 2.32. The Hall–Kier alpha value is -1.91. The molecule has 2 heterocycles. The summed E-state index contributed by atoms with van der Waals surface area (Å²) in [6.45, 7) is 1.59. The van der Waals surface area contributed by atoms with Gasteiger partial charge in [-0.25, -0.2) is 9.37 Å². The van der Waals surface area contributed by atoms with E-state index in [1.807, 2.05) is 12.1 Å². The van der Waals surface area contributed by atoms with E-state index in [1.54, 1.807) is 0 Å². The molecule has 4 rings (SSSR count). The molecule has 21 heavy (non-hydrogen) atoms. The van der Waals surface area contributed by atoms with E-state index < -0.39 is 5.82 Å². The third kappa shape index (κ3) is 2.11. The maximum atomic E-state index is 13.5. The van der Waals surface area contributed by atoms with Crippen molar-refractivity contribution in [2.75, 3.05) is 6.54 Å². The average Bonchev–Trinajstić information content (AvgIpc) is 2.90. The number of nitrogens with one attached hydrogen (secondary N) is 1. The van der Waals surface area contributed by atoms with Crippen LogP contribution in [0.25, 0.3) is 11.1 Å². The van der Waals surface area contributed by atoms with Crippen LogP contribution in [0.4, 0.5) is 4.39 Å². The zero-order valence-corrected chi connectivity index (χ0v) is 11.8. The molecule has 2 aromatic carbocycles. The largest absolute Gasteiger partial charge is 0.440 e. The van der Waals surface area contributed by atoms with Crippen LogP contribution in [0.3, 0.4) is 0 Å². The fraction of sp³-hybridized carbons (Fsp3) is 0.188. The lowest BCUT2D eigenvalue weighted by atomic mass is 9.91. The van der Waals surface area contributed by atoms with Crippen LogP contribution >= 0.6 is 11.6 Å². The first-order valence-electron chi connectivity index (χ1n) is 6.76. The lowest BCUT2D eigenvalue weighted by molar-refractivity contribution is 0.463. The van der Waals surface area contributed by atoms with Crippen LogP contribution in [-0.4, -0.2) is 11.5 Å². The molecule has 106 valence electrons. The number of benzene rings is 2. The van der Waals surface area contributed by atoms with Gasteiger partial charge in [-0.3, -0.25) is 0 Å². The van der Waals surface area contributed by atoms with Gasteiger partial charge in [0, 0.05) is 19.2 Å². The van der Waals surface area contributed by atoms with Gasteiger partial charge in [0.2, 0.25) is 5.89 Å². The van der Waals surface area contributed by atoms with E-state index in [2.05, 4.69) is 22.4 Å². The number of nitrogens with zero attached hydrogens (tertiary/aromatic N) is 1. The fourth-order valence-corrected chi connectivity index (χ4v) is 2.96. The van der Waals surface area contributed by atoms with Crippen molar-refractivity contribution in [3.63, 3.8) is 0 Å². The lowest BCUT2D eigenvalue weighted by Gasteiger charge is -2.23. The number of oxazole rings is 1. The van der Waals surface area contributed by atoms with Gasteiger partial charge in [-0.2, -0.15) is 0 Å². The van der Waals surface area contributed by atoms with Crippen LogP contribution in [0.1, 0.15) is 22.9 Å². The topological polar surface area (TPSA) is 38.1 Å². The van der Waals surface area contributed by atoms with Gasteiger partial charge in [-0.1, -0.05) is 35.9 Å². The Morgan fingerprint density at radius 3 is 3.05 bits per heavy atom. The summed E-state index contributed by atoms with van der Waals surface area (Å²) < 4.78 is 19.3. The normalized spacial score (nSPS) is 17.9. The Bertz CT molecular complexity index is 791. The van der Waals surface area contributed by atoms with Gasteiger partial charge < -0.3 is 9.73 Å². The first-order valence-corrected chi connectivity index (χ1v) is 7.14. The molecular weight excluding hydrogens is 291 g/mol. The van der Waals surface area contributed by atoms with E-state index in [0.29, 0.717) is 17.0 Å². The van der Waals surface area contributed by atoms with Crippen LogP contribution < -0.4 is 5.32 Å². The van der Waals surface area contributed by atoms with Crippen molar-refractivity contribution in [3.8, 4) is 0 Å². The summed E-state index contributed by atoms with van der Waals surface area (Å²) in [7, 11) is 0. The maximum Gasteiger partial charge on any atom is 0.204 e. The SMILES string of the molecule is Fc1cc2oc(C3CNCc4ccccc43)nc2cc1Cl. The molecule has 0 saturated carbocycles. The van der Waals surface area contributed by atoms with E-state index in [1.165, 1.54) is 23.3 Å². The highest BCUT2D eigenvalue weighted by molar-refractivity contribution is 6.31. The van der Waals surface area contributed by atoms with Crippen molar-refractivity contribution in [2.24, 2.45) is 0 Å². The number of hydrogen-bond acceptors (Lipinski definition) is 3. The minimum absolute atomic E-state index is 0.0317. The fourth-order valence-electron chi connectivity index (χ4n) is 2.81. The zero-order chi connectivity index (χ0) is 14.4. The number of hydrogen-bond donors (Lipinski definition) is 1. The molecular formula is C16H12ClFN2O. The van der Waals surface area contributed by atoms with Gasteiger partial charge in [-0.15, -0.1) is 0 Å². The molecule has 3 aromatic rings. The van der Waals surface area contributed by atoms with E-state index in [9.17, 15) is 4.39 Å². The highest BCUT2D eigenvalue weighted by Gasteiger charge is 2.25. The summed E-state index contributed by atoms with van der Waals surface area (Å²) in [5.41, 5.74) is 3.45. The Morgan fingerprint density at radius 2 is 2.14 bits per heavy atom. The lowest BCUT2D eigenvalue weighted by Crippen LogP contribution is -2.28. The quantitative estimate of drug-likeness (QED) is 0.742. The molecule has 1 unspecified atom stereocenters. The van der Waals surface area contributed by atoms with Crippen molar-refractivity contribution < 1.29 is 8.81 Å². The van der Waals surface area contributed by atoms with Crippen molar-refractivity contribution >= 4 is 22.7 Å². The molecule has 1 aliphatic rings. The molecule has 0 spiro atoms. The minimum Gasteiger partial charge on any atom is -0.440 e. The van der Waals surface area contributed by atoms with Crippen molar-refractivity contribution in [1.29, 1.82) is 0 Å². The van der Waals surface area contributed by atoms with Crippen LogP contribution in [0.2, 0.25) is 5.02 Å². The molecule has 1 N–H and O–H groups in total. The number of halogens is 2. The Morgan fingerprint density at radius 1 is 1.29 bits per heavy atom. The van der Waals surface area contributed by atoms with Crippen LogP contribution in [0.15, 0.2) is 40.8 Å². The summed E-state index contributed by atoms with van der Waals surface area (Å²) in [6.07, 6.45) is 0. The summed E-state index contributed by atoms with van der Waals surface area (Å²) >= 11 is 5.79. The van der Waals surface area contributed by atoms with Crippen LogP contribution in [0.5, 0.6) is 0 Å². The van der Waals surface area contributed by atoms with Gasteiger partial charge in [0.1, 0.15) is 11.3 Å². The summed E-state index contributed by atoms with van der Waals surface area (Å²) in [4.78, 5) is 4.48. The molecule has 0 saturated heterocycles. The van der Waals surface area contributed by atoms with E-state index in [-0.39, 0.29) is 10.9 Å². The van der Waals surface area contributed by atoms with E-state index >= 15 is 0 Å². The minimum atomic E-state index is -0.492. The molecule has 0 aliphatic carbocycles. The zero-order valence-electron chi connectivity index (χ0n) is 11.1. The number of aromatic nitrogens is 1. The second kappa shape index (κ2) is 4.83. The van der Waals surface area contributed by atoms with Crippen molar-refractivity contribution in [3.05, 3.63) is 64.3 Å². The first-order chi connectivity index (χ1) is 10.2. The van der Waals surface area contributed by atoms with Gasteiger partial charge in [0.05, 0.1) is 10.9 Å². The van der Waals surface area contributed by atoms with Crippen LogP contribution in [0, 0.1) is 5.82 Å². The summed E-state index contributed by atoms with van der Waals surface area (Å²) in [5, 5.41) is 3.42. The predicted molar refractivity (Wildman–Crippen MR) is 79.0 cm³/mol. The smallest absolute Gasteiger partial charge is 0.204 e. The Balaban J connectivity index is 1.84. The number of fused-ring (bicyclic) bond motifs is 2. The van der Waals surface area contributed by atoms with Crippen molar-refractivity contribution in [1.82, 2.24) is 10.3 Å². The standard InChI is InChI=1S/C16H12ClFN2O/c17-12-5-14-15(6-13(12)18)21-16(20-14)11-8-19-7-9-3-1-2-4-10(9)11/h1-6,11,19H,7-8H2. The van der Waals surface area contributed by atoms with E-state index in [0.717, 1.165) is 13.1 Å². The number of rotatable bonds is 1. The molecule has 1 aromatic heterocycles. The van der Waals surface area contributed by atoms with Gasteiger partial charge in [0.15, 0.2) is 5.58 Å². The van der Waals surface area contributed by atoms with Crippen LogP contribution in [-0.2, 0) is 6.54 Å². The maximum absolute atomic E-state index is 13.5. The molecule has 5 heteroatoms. The molecule has 0 fully saturated rings. The molecule has 0 bridgehead atoms. The third-order valence-electron chi connectivity index (χ3n) is 3.84. The Labute approximate surface area is 125 Å². The monoisotopic (exact) mass is 302 g/mol. The molecule has 3 nitrogen and oxygen atoms in total. The predicted octanol–water partition coefficient (Wildman–Crippen LogP) is 3.86. The third-order valence-corrected chi connectivity index (χ3v) is 4.13. The highest BCUT2D eigenvalue weighted by atomic mass is 35.5. The molecule has 1 aliphatic heterocycles.